The van der Waals surface area contributed by atoms with Gasteiger partial charge < -0.3 is 15.2 Å². The lowest BCUT2D eigenvalue weighted by Crippen LogP contribution is -2.33. The SMILES string of the molecule is CCCCCCCCc1ccc(OCCOC(=O)/C=C\C(=O)NC(N)=O)cc1. The second-order valence-electron chi connectivity index (χ2n) is 6.36. The van der Waals surface area contributed by atoms with Gasteiger partial charge in [0, 0.05) is 12.2 Å². The minimum absolute atomic E-state index is 0.0418. The van der Waals surface area contributed by atoms with Crippen LogP contribution < -0.4 is 15.8 Å². The van der Waals surface area contributed by atoms with Gasteiger partial charge in [-0.3, -0.25) is 10.1 Å². The lowest BCUT2D eigenvalue weighted by atomic mass is 10.0. The third-order valence-corrected chi connectivity index (χ3v) is 3.96. The van der Waals surface area contributed by atoms with Crippen molar-refractivity contribution in [1.82, 2.24) is 5.32 Å². The average molecular weight is 390 g/mol. The van der Waals surface area contributed by atoms with E-state index in [4.69, 9.17) is 15.2 Å². The van der Waals surface area contributed by atoms with Crippen molar-refractivity contribution in [2.45, 2.75) is 51.9 Å². The molecule has 28 heavy (non-hydrogen) atoms. The van der Waals surface area contributed by atoms with Crippen molar-refractivity contribution in [1.29, 1.82) is 0 Å². The first-order valence-corrected chi connectivity index (χ1v) is 9.68. The number of nitrogens with one attached hydrogen (secondary N) is 1. The summed E-state index contributed by atoms with van der Waals surface area (Å²) < 4.78 is 10.4. The smallest absolute Gasteiger partial charge is 0.331 e. The second-order valence-corrected chi connectivity index (χ2v) is 6.36. The number of imide groups is 1. The Labute approximate surface area is 166 Å². The number of esters is 1. The van der Waals surface area contributed by atoms with Crippen LogP contribution in [0.5, 0.6) is 5.75 Å². The molecule has 0 aliphatic rings. The monoisotopic (exact) mass is 390 g/mol. The van der Waals surface area contributed by atoms with E-state index in [0.717, 1.165) is 18.6 Å². The summed E-state index contributed by atoms with van der Waals surface area (Å²) in [7, 11) is 0. The summed E-state index contributed by atoms with van der Waals surface area (Å²) in [4.78, 5) is 33.0. The number of urea groups is 1. The first kappa shape index (κ1) is 23.2. The maximum atomic E-state index is 11.4. The van der Waals surface area contributed by atoms with Crippen molar-refractivity contribution >= 4 is 17.9 Å². The zero-order valence-electron chi connectivity index (χ0n) is 16.4. The van der Waals surface area contributed by atoms with Crippen LogP contribution in [0.4, 0.5) is 4.79 Å². The molecular formula is C21H30N2O5. The predicted octanol–water partition coefficient (Wildman–Crippen LogP) is 3.26. The van der Waals surface area contributed by atoms with Crippen LogP contribution in [0.15, 0.2) is 36.4 Å². The van der Waals surface area contributed by atoms with E-state index < -0.39 is 17.9 Å². The Morgan fingerprint density at radius 3 is 2.32 bits per heavy atom. The van der Waals surface area contributed by atoms with E-state index in [0.29, 0.717) is 5.75 Å². The molecule has 0 saturated heterocycles. The van der Waals surface area contributed by atoms with Gasteiger partial charge in [-0.25, -0.2) is 9.59 Å². The summed E-state index contributed by atoms with van der Waals surface area (Å²) in [6.07, 6.45) is 10.5. The Balaban J connectivity index is 2.17. The number of carbonyl (C=O) groups is 3. The van der Waals surface area contributed by atoms with E-state index in [2.05, 4.69) is 6.92 Å². The zero-order chi connectivity index (χ0) is 20.6. The molecule has 1 aromatic rings. The molecule has 0 saturated carbocycles. The number of rotatable bonds is 13. The summed E-state index contributed by atoms with van der Waals surface area (Å²) >= 11 is 0. The minimum atomic E-state index is -0.991. The van der Waals surface area contributed by atoms with Crippen LogP contribution in [0.1, 0.15) is 51.0 Å². The van der Waals surface area contributed by atoms with Gasteiger partial charge in [0.05, 0.1) is 0 Å². The fourth-order valence-corrected chi connectivity index (χ4v) is 2.52. The molecule has 0 radical (unpaired) electrons. The molecule has 0 fully saturated rings. The molecule has 154 valence electrons. The molecule has 1 aromatic carbocycles. The molecule has 0 bridgehead atoms. The Kier molecular flexibility index (Phi) is 11.8. The standard InChI is InChI=1S/C21H30N2O5/c1-2-3-4-5-6-7-8-17-9-11-18(12-10-17)27-15-16-28-20(25)14-13-19(24)23-21(22)26/h9-14H,2-8,15-16H2,1H3,(H3,22,23,24,26)/b14-13-. The van der Waals surface area contributed by atoms with Crippen molar-refractivity contribution in [2.75, 3.05) is 13.2 Å². The zero-order valence-corrected chi connectivity index (χ0v) is 16.4. The summed E-state index contributed by atoms with van der Waals surface area (Å²) in [6.45, 7) is 2.46. The van der Waals surface area contributed by atoms with Gasteiger partial charge in [0.25, 0.3) is 5.91 Å². The number of primary amides is 1. The number of unbranched alkanes of at least 4 members (excludes halogenated alkanes) is 5. The van der Waals surface area contributed by atoms with Gasteiger partial charge in [-0.05, 0) is 30.5 Å². The van der Waals surface area contributed by atoms with Gasteiger partial charge in [-0.15, -0.1) is 0 Å². The van der Waals surface area contributed by atoms with Crippen molar-refractivity contribution in [3.8, 4) is 5.75 Å². The molecule has 0 unspecified atom stereocenters. The molecule has 0 aliphatic carbocycles. The van der Waals surface area contributed by atoms with Gasteiger partial charge >= 0.3 is 12.0 Å². The van der Waals surface area contributed by atoms with E-state index in [1.807, 2.05) is 24.3 Å². The fourth-order valence-electron chi connectivity index (χ4n) is 2.52. The largest absolute Gasteiger partial charge is 0.490 e. The number of amides is 3. The summed E-state index contributed by atoms with van der Waals surface area (Å²) in [5.41, 5.74) is 6.06. The van der Waals surface area contributed by atoms with E-state index in [1.54, 1.807) is 5.32 Å². The van der Waals surface area contributed by atoms with Crippen LogP contribution in [0, 0.1) is 0 Å². The van der Waals surface area contributed by atoms with Crippen molar-refractivity contribution in [3.63, 3.8) is 0 Å². The summed E-state index contributed by atoms with van der Waals surface area (Å²) in [5, 5.41) is 1.80. The highest BCUT2D eigenvalue weighted by atomic mass is 16.6. The second kappa shape index (κ2) is 14.3. The topological polar surface area (TPSA) is 108 Å². The molecule has 0 spiro atoms. The summed E-state index contributed by atoms with van der Waals surface area (Å²) in [6, 6.07) is 6.92. The lowest BCUT2D eigenvalue weighted by molar-refractivity contribution is -0.138. The van der Waals surface area contributed by atoms with Gasteiger partial charge in [-0.1, -0.05) is 51.2 Å². The first-order valence-electron chi connectivity index (χ1n) is 9.68. The van der Waals surface area contributed by atoms with Crippen LogP contribution in [0.25, 0.3) is 0 Å². The first-order chi connectivity index (χ1) is 13.5. The van der Waals surface area contributed by atoms with Gasteiger partial charge in [0.15, 0.2) is 0 Å². The molecular weight excluding hydrogens is 360 g/mol. The number of benzene rings is 1. The molecule has 0 heterocycles. The Morgan fingerprint density at radius 2 is 1.64 bits per heavy atom. The molecule has 0 atom stereocenters. The number of nitrogens with two attached hydrogens (primary N) is 1. The lowest BCUT2D eigenvalue weighted by Gasteiger charge is -2.07. The van der Waals surface area contributed by atoms with Gasteiger partial charge in [0.1, 0.15) is 19.0 Å². The highest BCUT2D eigenvalue weighted by molar-refractivity contribution is 6.02. The molecule has 7 nitrogen and oxygen atoms in total. The third-order valence-electron chi connectivity index (χ3n) is 3.96. The minimum Gasteiger partial charge on any atom is -0.490 e. The third kappa shape index (κ3) is 11.7. The molecule has 0 aromatic heterocycles. The van der Waals surface area contributed by atoms with E-state index >= 15 is 0 Å². The quantitative estimate of drug-likeness (QED) is 0.305. The van der Waals surface area contributed by atoms with Gasteiger partial charge in [-0.2, -0.15) is 0 Å². The van der Waals surface area contributed by atoms with Crippen molar-refractivity contribution < 1.29 is 23.9 Å². The maximum absolute atomic E-state index is 11.4. The van der Waals surface area contributed by atoms with Crippen LogP contribution >= 0.6 is 0 Å². The average Bonchev–Trinajstić information content (AvgIpc) is 2.67. The normalized spacial score (nSPS) is 10.6. The number of hydrogen-bond acceptors (Lipinski definition) is 5. The van der Waals surface area contributed by atoms with Crippen LogP contribution in [-0.2, 0) is 20.7 Å². The van der Waals surface area contributed by atoms with Crippen LogP contribution in [0.3, 0.4) is 0 Å². The predicted molar refractivity (Wildman–Crippen MR) is 107 cm³/mol. The van der Waals surface area contributed by atoms with Crippen LogP contribution in [0.2, 0.25) is 0 Å². The fraction of sp³-hybridized carbons (Fsp3) is 0.476. The Morgan fingerprint density at radius 1 is 0.964 bits per heavy atom. The Hall–Kier alpha value is -2.83. The molecule has 1 rings (SSSR count). The highest BCUT2D eigenvalue weighted by Crippen LogP contribution is 2.15. The summed E-state index contributed by atoms with van der Waals surface area (Å²) in [5.74, 6) is -0.793. The molecule has 3 N–H and O–H groups in total. The molecule has 7 heteroatoms. The number of carbonyl (C=O) groups excluding carboxylic acids is 3. The number of aryl methyl sites for hydroxylation is 1. The van der Waals surface area contributed by atoms with Crippen molar-refractivity contribution in [3.05, 3.63) is 42.0 Å². The van der Waals surface area contributed by atoms with E-state index in [9.17, 15) is 14.4 Å². The number of ether oxygens (including phenoxy) is 2. The highest BCUT2D eigenvalue weighted by Gasteiger charge is 2.02. The molecule has 0 aliphatic heterocycles. The van der Waals surface area contributed by atoms with Gasteiger partial charge in [0.2, 0.25) is 0 Å². The van der Waals surface area contributed by atoms with Crippen LogP contribution in [-0.4, -0.2) is 31.1 Å². The van der Waals surface area contributed by atoms with Crippen molar-refractivity contribution in [2.24, 2.45) is 5.73 Å². The van der Waals surface area contributed by atoms with E-state index in [1.165, 1.54) is 44.1 Å². The maximum Gasteiger partial charge on any atom is 0.331 e. The molecule has 3 amide bonds. The number of hydrogen-bond donors (Lipinski definition) is 2. The van der Waals surface area contributed by atoms with E-state index in [-0.39, 0.29) is 13.2 Å². The Bertz CT molecular complexity index is 641.